The monoisotopic (exact) mass is 543 g/mol. The number of nitrogens with one attached hydrogen (secondary N) is 1. The molecule has 4 rings (SSSR count). The zero-order chi connectivity index (χ0) is 28.5. The SMILES string of the molecule is CC(C)(C)N(CC[C@H]1CNC(=O)c2cc(-c3cccc(OC(F)(F)F)c3)c(-c3ccc(C=O)cc3)n21)C(=O)O. The highest BCUT2D eigenvalue weighted by molar-refractivity contribution is 5.99. The van der Waals surface area contributed by atoms with Crippen LogP contribution in [0.5, 0.6) is 5.75 Å². The van der Waals surface area contributed by atoms with Crippen molar-refractivity contribution in [1.29, 1.82) is 0 Å². The number of carbonyl (C=O) groups is 3. The minimum absolute atomic E-state index is 0.185. The van der Waals surface area contributed by atoms with E-state index in [0.717, 1.165) is 0 Å². The molecule has 206 valence electrons. The van der Waals surface area contributed by atoms with Gasteiger partial charge in [-0.15, -0.1) is 13.2 Å². The summed E-state index contributed by atoms with van der Waals surface area (Å²) in [5.41, 5.74) is 2.14. The van der Waals surface area contributed by atoms with Crippen molar-refractivity contribution < 1.29 is 37.4 Å². The molecular formula is C28H28F3N3O5. The fourth-order valence-corrected chi connectivity index (χ4v) is 4.79. The van der Waals surface area contributed by atoms with Crippen LogP contribution >= 0.6 is 0 Å². The summed E-state index contributed by atoms with van der Waals surface area (Å²) in [5.74, 6) is -0.772. The fourth-order valence-electron chi connectivity index (χ4n) is 4.79. The normalized spacial score (nSPS) is 15.3. The number of fused-ring (bicyclic) bond motifs is 1. The quantitative estimate of drug-likeness (QED) is 0.357. The number of benzene rings is 2. The molecule has 8 nitrogen and oxygen atoms in total. The Morgan fingerprint density at radius 3 is 2.41 bits per heavy atom. The van der Waals surface area contributed by atoms with E-state index in [2.05, 4.69) is 10.1 Å². The molecule has 0 spiro atoms. The number of rotatable bonds is 7. The topological polar surface area (TPSA) is 101 Å². The predicted molar refractivity (Wildman–Crippen MR) is 138 cm³/mol. The summed E-state index contributed by atoms with van der Waals surface area (Å²) in [7, 11) is 0. The van der Waals surface area contributed by atoms with E-state index < -0.39 is 23.7 Å². The van der Waals surface area contributed by atoms with E-state index in [4.69, 9.17) is 0 Å². The van der Waals surface area contributed by atoms with Crippen LogP contribution in [0.3, 0.4) is 0 Å². The molecule has 1 aliphatic heterocycles. The minimum Gasteiger partial charge on any atom is -0.465 e. The maximum Gasteiger partial charge on any atom is 0.573 e. The Kier molecular flexibility index (Phi) is 7.45. The van der Waals surface area contributed by atoms with Gasteiger partial charge < -0.3 is 24.6 Å². The van der Waals surface area contributed by atoms with Crippen molar-refractivity contribution in [1.82, 2.24) is 14.8 Å². The molecule has 2 heterocycles. The van der Waals surface area contributed by atoms with Crippen LogP contribution in [-0.2, 0) is 0 Å². The third-order valence-corrected chi connectivity index (χ3v) is 6.56. The number of halogens is 3. The van der Waals surface area contributed by atoms with Crippen LogP contribution in [0.15, 0.2) is 54.6 Å². The first-order valence-electron chi connectivity index (χ1n) is 12.2. The number of carboxylic acid groups (broad SMARTS) is 1. The van der Waals surface area contributed by atoms with Crippen molar-refractivity contribution in [3.63, 3.8) is 0 Å². The molecule has 0 saturated carbocycles. The maximum absolute atomic E-state index is 13.0. The van der Waals surface area contributed by atoms with E-state index in [9.17, 15) is 32.7 Å². The first-order chi connectivity index (χ1) is 18.3. The van der Waals surface area contributed by atoms with Crippen molar-refractivity contribution in [3.8, 4) is 28.1 Å². The molecular weight excluding hydrogens is 515 g/mol. The summed E-state index contributed by atoms with van der Waals surface area (Å²) in [6, 6.07) is 13.4. The average molecular weight is 544 g/mol. The standard InChI is InChI=1S/C28H28F3N3O5/c1-27(2,3)33(26(37)38)12-11-20-15-32-25(36)23-14-22(19-5-4-6-21(13-19)39-28(29,30)31)24(34(20)23)18-9-7-17(16-35)8-10-18/h4-10,13-14,16,20H,11-12,15H2,1-3H3,(H,32,36)(H,37,38)/t20-/m0/s1. The molecule has 0 bridgehead atoms. The van der Waals surface area contributed by atoms with Crippen molar-refractivity contribution >= 4 is 18.3 Å². The highest BCUT2D eigenvalue weighted by Gasteiger charge is 2.34. The van der Waals surface area contributed by atoms with Gasteiger partial charge in [-0.05, 0) is 56.5 Å². The number of amides is 2. The van der Waals surface area contributed by atoms with Gasteiger partial charge in [-0.3, -0.25) is 9.59 Å². The maximum atomic E-state index is 13.0. The van der Waals surface area contributed by atoms with Gasteiger partial charge in [0.05, 0.1) is 11.7 Å². The van der Waals surface area contributed by atoms with Crippen LogP contribution in [0.1, 0.15) is 54.1 Å². The number of ether oxygens (including phenoxy) is 1. The first kappa shape index (κ1) is 27.7. The Hall–Kier alpha value is -4.28. The van der Waals surface area contributed by atoms with Crippen molar-refractivity contribution in [3.05, 3.63) is 65.9 Å². The van der Waals surface area contributed by atoms with E-state index in [-0.39, 0.29) is 30.7 Å². The summed E-state index contributed by atoms with van der Waals surface area (Å²) in [6.07, 6.45) is -4.89. The molecule has 2 aromatic carbocycles. The third-order valence-electron chi connectivity index (χ3n) is 6.56. The molecule has 2 amide bonds. The number of aldehydes is 1. The van der Waals surface area contributed by atoms with Gasteiger partial charge in [0.1, 0.15) is 17.7 Å². The molecule has 0 radical (unpaired) electrons. The van der Waals surface area contributed by atoms with Crippen LogP contribution in [0, 0.1) is 0 Å². The van der Waals surface area contributed by atoms with Crippen LogP contribution in [0.25, 0.3) is 22.4 Å². The molecule has 39 heavy (non-hydrogen) atoms. The number of alkyl halides is 3. The molecule has 1 aromatic heterocycles. The van der Waals surface area contributed by atoms with E-state index in [1.54, 1.807) is 57.2 Å². The second kappa shape index (κ2) is 10.5. The highest BCUT2D eigenvalue weighted by Crippen LogP contribution is 2.41. The van der Waals surface area contributed by atoms with Crippen molar-refractivity contribution in [2.24, 2.45) is 0 Å². The molecule has 3 aromatic rings. The Bertz CT molecular complexity index is 1390. The molecule has 0 unspecified atom stereocenters. The van der Waals surface area contributed by atoms with E-state index in [1.165, 1.54) is 23.1 Å². The van der Waals surface area contributed by atoms with Gasteiger partial charge in [0.2, 0.25) is 0 Å². The number of hydrogen-bond donors (Lipinski definition) is 2. The summed E-state index contributed by atoms with van der Waals surface area (Å²) in [5, 5.41) is 12.6. The summed E-state index contributed by atoms with van der Waals surface area (Å²) >= 11 is 0. The lowest BCUT2D eigenvalue weighted by molar-refractivity contribution is -0.274. The Morgan fingerprint density at radius 1 is 1.13 bits per heavy atom. The van der Waals surface area contributed by atoms with Gasteiger partial charge in [-0.25, -0.2) is 4.79 Å². The first-order valence-corrected chi connectivity index (χ1v) is 12.2. The third kappa shape index (κ3) is 6.08. The van der Waals surface area contributed by atoms with Gasteiger partial charge in [-0.2, -0.15) is 0 Å². The Labute approximate surface area is 223 Å². The van der Waals surface area contributed by atoms with Crippen LogP contribution < -0.4 is 10.1 Å². The van der Waals surface area contributed by atoms with Crippen LogP contribution in [0.2, 0.25) is 0 Å². The lowest BCUT2D eigenvalue weighted by Gasteiger charge is -2.36. The van der Waals surface area contributed by atoms with E-state index in [1.807, 2.05) is 4.57 Å². The average Bonchev–Trinajstić information content (AvgIpc) is 3.25. The number of carbonyl (C=O) groups excluding carboxylic acids is 2. The number of aromatic nitrogens is 1. The van der Waals surface area contributed by atoms with E-state index >= 15 is 0 Å². The molecule has 0 fully saturated rings. The zero-order valence-corrected chi connectivity index (χ0v) is 21.6. The largest absolute Gasteiger partial charge is 0.573 e. The summed E-state index contributed by atoms with van der Waals surface area (Å²) in [6.45, 7) is 5.79. The number of hydrogen-bond acceptors (Lipinski definition) is 4. The molecule has 11 heteroatoms. The second-order valence-corrected chi connectivity index (χ2v) is 10.2. The Morgan fingerprint density at radius 2 is 1.82 bits per heavy atom. The van der Waals surface area contributed by atoms with Gasteiger partial charge in [0.25, 0.3) is 5.91 Å². The van der Waals surface area contributed by atoms with Gasteiger partial charge >= 0.3 is 12.5 Å². The molecule has 0 saturated heterocycles. The predicted octanol–water partition coefficient (Wildman–Crippen LogP) is 5.99. The molecule has 1 aliphatic rings. The number of nitrogens with zero attached hydrogens (tertiary/aromatic N) is 2. The zero-order valence-electron chi connectivity index (χ0n) is 21.6. The smallest absolute Gasteiger partial charge is 0.465 e. The van der Waals surface area contributed by atoms with Crippen LogP contribution in [-0.4, -0.2) is 57.9 Å². The van der Waals surface area contributed by atoms with Crippen LogP contribution in [0.4, 0.5) is 18.0 Å². The molecule has 0 aliphatic carbocycles. The lowest BCUT2D eigenvalue weighted by atomic mass is 9.99. The summed E-state index contributed by atoms with van der Waals surface area (Å²) in [4.78, 5) is 37.4. The van der Waals surface area contributed by atoms with Crippen molar-refractivity contribution in [2.45, 2.75) is 45.1 Å². The summed E-state index contributed by atoms with van der Waals surface area (Å²) < 4.78 is 44.7. The van der Waals surface area contributed by atoms with Crippen molar-refractivity contribution in [2.75, 3.05) is 13.1 Å². The van der Waals surface area contributed by atoms with Gasteiger partial charge in [0.15, 0.2) is 0 Å². The fraction of sp³-hybridized carbons (Fsp3) is 0.321. The molecule has 1 atom stereocenters. The minimum atomic E-state index is -4.87. The Balaban J connectivity index is 1.86. The highest BCUT2D eigenvalue weighted by atomic mass is 19.4. The molecule has 2 N–H and O–H groups in total. The van der Waals surface area contributed by atoms with E-state index in [0.29, 0.717) is 40.7 Å². The van der Waals surface area contributed by atoms with Gasteiger partial charge in [0, 0.05) is 29.8 Å². The second-order valence-electron chi connectivity index (χ2n) is 10.2. The van der Waals surface area contributed by atoms with Gasteiger partial charge in [-0.1, -0.05) is 36.4 Å². The lowest BCUT2D eigenvalue weighted by Crippen LogP contribution is -2.47.